The first-order valence-corrected chi connectivity index (χ1v) is 5.20. The van der Waals surface area contributed by atoms with Crippen molar-refractivity contribution in [3.8, 4) is 0 Å². The van der Waals surface area contributed by atoms with Crippen molar-refractivity contribution in [2.75, 3.05) is 7.11 Å². The molecule has 0 aliphatic rings. The first-order chi connectivity index (χ1) is 7.47. The number of methoxy groups -OCH3 is 1. The summed E-state index contributed by atoms with van der Waals surface area (Å²) in [6.07, 6.45) is 0. The van der Waals surface area contributed by atoms with E-state index in [2.05, 4.69) is 4.98 Å². The molecule has 1 aromatic heterocycles. The molecule has 0 radical (unpaired) electrons. The van der Waals surface area contributed by atoms with Crippen molar-refractivity contribution in [3.63, 3.8) is 0 Å². The summed E-state index contributed by atoms with van der Waals surface area (Å²) in [5.74, 6) is -0.838. The molecule has 0 unspecified atom stereocenters. The van der Waals surface area contributed by atoms with Gasteiger partial charge in [0, 0.05) is 12.8 Å². The lowest BCUT2D eigenvalue weighted by Crippen LogP contribution is -2.10. The average molecular weight is 223 g/mol. The number of aromatic nitrogens is 1. The van der Waals surface area contributed by atoms with Crippen molar-refractivity contribution >= 4 is 5.97 Å². The number of pyridine rings is 1. The number of rotatable bonds is 4. The molecule has 0 aliphatic carbocycles. The lowest BCUT2D eigenvalue weighted by molar-refractivity contribution is 0.0694. The van der Waals surface area contributed by atoms with Crippen LogP contribution in [0.1, 0.15) is 47.1 Å². The van der Waals surface area contributed by atoms with Crippen LogP contribution >= 0.6 is 0 Å². The molecule has 0 bridgehead atoms. The number of nitrogens with zero attached hydrogens (tertiary/aromatic N) is 1. The fourth-order valence-corrected chi connectivity index (χ4v) is 1.58. The third kappa shape index (κ3) is 2.58. The molecule has 4 heteroatoms. The van der Waals surface area contributed by atoms with E-state index in [1.165, 1.54) is 0 Å². The first-order valence-electron chi connectivity index (χ1n) is 5.20. The van der Waals surface area contributed by atoms with Crippen LogP contribution in [0, 0.1) is 6.92 Å². The molecule has 0 spiro atoms. The Morgan fingerprint density at radius 3 is 2.62 bits per heavy atom. The maximum absolute atomic E-state index is 11.1. The molecule has 1 N–H and O–H groups in total. The van der Waals surface area contributed by atoms with Gasteiger partial charge in [-0.1, -0.05) is 13.8 Å². The Hall–Kier alpha value is -1.42. The Kier molecular flexibility index (Phi) is 4.01. The molecule has 0 fully saturated rings. The maximum Gasteiger partial charge on any atom is 0.337 e. The van der Waals surface area contributed by atoms with E-state index in [-0.39, 0.29) is 11.5 Å². The van der Waals surface area contributed by atoms with Crippen LogP contribution in [0.4, 0.5) is 0 Å². The predicted octanol–water partition coefficient (Wildman–Crippen LogP) is 2.36. The highest BCUT2D eigenvalue weighted by Crippen LogP contribution is 2.21. The van der Waals surface area contributed by atoms with Crippen molar-refractivity contribution in [1.82, 2.24) is 4.98 Å². The Bertz CT molecular complexity index is 399. The van der Waals surface area contributed by atoms with Crippen LogP contribution in [-0.4, -0.2) is 23.2 Å². The summed E-state index contributed by atoms with van der Waals surface area (Å²) in [6.45, 7) is 6.12. The minimum Gasteiger partial charge on any atom is -0.478 e. The molecule has 0 atom stereocenters. The van der Waals surface area contributed by atoms with E-state index in [1.54, 1.807) is 13.2 Å². The van der Waals surface area contributed by atoms with Crippen LogP contribution < -0.4 is 0 Å². The number of aryl methyl sites for hydroxylation is 1. The highest BCUT2D eigenvalue weighted by molar-refractivity contribution is 5.89. The zero-order chi connectivity index (χ0) is 12.3. The number of ether oxygens (including phenoxy) is 1. The highest BCUT2D eigenvalue weighted by Gasteiger charge is 2.17. The SMILES string of the molecule is COCc1cc(C(=O)O)c(C(C)C)nc1C. The standard InChI is InChI=1S/C12H17NO3/c1-7(2)11-10(12(14)15)5-9(6-16-4)8(3)13-11/h5,7H,6H2,1-4H3,(H,14,15). The van der Waals surface area contributed by atoms with Gasteiger partial charge in [-0.05, 0) is 24.5 Å². The normalized spacial score (nSPS) is 10.8. The van der Waals surface area contributed by atoms with Crippen LogP contribution in [0.2, 0.25) is 0 Å². The Labute approximate surface area is 95.3 Å². The monoisotopic (exact) mass is 223 g/mol. The summed E-state index contributed by atoms with van der Waals surface area (Å²) in [6, 6.07) is 1.66. The Morgan fingerprint density at radius 2 is 2.19 bits per heavy atom. The number of hydrogen-bond acceptors (Lipinski definition) is 3. The topological polar surface area (TPSA) is 59.4 Å². The van der Waals surface area contributed by atoms with Crippen molar-refractivity contribution in [2.24, 2.45) is 0 Å². The summed E-state index contributed by atoms with van der Waals surface area (Å²) in [7, 11) is 1.58. The van der Waals surface area contributed by atoms with Crippen molar-refractivity contribution in [3.05, 3.63) is 28.6 Å². The van der Waals surface area contributed by atoms with Gasteiger partial charge in [0.05, 0.1) is 17.9 Å². The molecular formula is C12H17NO3. The van der Waals surface area contributed by atoms with Crippen LogP contribution in [0.5, 0.6) is 0 Å². The molecule has 0 aliphatic heterocycles. The van der Waals surface area contributed by atoms with Crippen molar-refractivity contribution < 1.29 is 14.6 Å². The Morgan fingerprint density at radius 1 is 1.56 bits per heavy atom. The van der Waals surface area contributed by atoms with Crippen LogP contribution in [0.15, 0.2) is 6.07 Å². The summed E-state index contributed by atoms with van der Waals surface area (Å²) >= 11 is 0. The summed E-state index contributed by atoms with van der Waals surface area (Å²) in [5.41, 5.74) is 2.55. The predicted molar refractivity (Wildman–Crippen MR) is 60.7 cm³/mol. The molecular weight excluding hydrogens is 206 g/mol. The fourth-order valence-electron chi connectivity index (χ4n) is 1.58. The number of carboxylic acids is 1. The molecule has 1 rings (SSSR count). The van der Waals surface area contributed by atoms with Gasteiger partial charge in [0.25, 0.3) is 0 Å². The number of aromatic carboxylic acids is 1. The van der Waals surface area contributed by atoms with E-state index in [9.17, 15) is 4.79 Å². The lowest BCUT2D eigenvalue weighted by atomic mass is 10.0. The van der Waals surface area contributed by atoms with Gasteiger partial charge >= 0.3 is 5.97 Å². The van der Waals surface area contributed by atoms with Gasteiger partial charge in [-0.25, -0.2) is 4.79 Å². The van der Waals surface area contributed by atoms with Gasteiger partial charge in [-0.2, -0.15) is 0 Å². The second-order valence-corrected chi connectivity index (χ2v) is 4.06. The molecule has 0 aromatic carbocycles. The largest absolute Gasteiger partial charge is 0.478 e. The quantitative estimate of drug-likeness (QED) is 0.851. The molecule has 0 amide bonds. The van der Waals surface area contributed by atoms with E-state index in [4.69, 9.17) is 9.84 Å². The van der Waals surface area contributed by atoms with Gasteiger partial charge in [-0.3, -0.25) is 4.98 Å². The van der Waals surface area contributed by atoms with Crippen LogP contribution in [0.25, 0.3) is 0 Å². The molecule has 88 valence electrons. The molecule has 1 heterocycles. The zero-order valence-electron chi connectivity index (χ0n) is 10.1. The summed E-state index contributed by atoms with van der Waals surface area (Å²) in [5, 5.41) is 9.12. The molecule has 16 heavy (non-hydrogen) atoms. The van der Waals surface area contributed by atoms with Crippen molar-refractivity contribution in [2.45, 2.75) is 33.3 Å². The summed E-state index contributed by atoms with van der Waals surface area (Å²) in [4.78, 5) is 15.5. The van der Waals surface area contributed by atoms with Crippen molar-refractivity contribution in [1.29, 1.82) is 0 Å². The van der Waals surface area contributed by atoms with E-state index < -0.39 is 5.97 Å². The zero-order valence-corrected chi connectivity index (χ0v) is 10.1. The third-order valence-electron chi connectivity index (χ3n) is 2.42. The Balaban J connectivity index is 3.31. The lowest BCUT2D eigenvalue weighted by Gasteiger charge is -2.13. The second kappa shape index (κ2) is 5.07. The van der Waals surface area contributed by atoms with Gasteiger partial charge in [-0.15, -0.1) is 0 Å². The van der Waals surface area contributed by atoms with E-state index in [0.29, 0.717) is 12.3 Å². The first kappa shape index (κ1) is 12.6. The smallest absolute Gasteiger partial charge is 0.337 e. The minimum atomic E-state index is -0.937. The summed E-state index contributed by atoms with van der Waals surface area (Å²) < 4.78 is 5.01. The minimum absolute atomic E-state index is 0.0985. The number of hydrogen-bond donors (Lipinski definition) is 1. The third-order valence-corrected chi connectivity index (χ3v) is 2.42. The maximum atomic E-state index is 11.1. The van der Waals surface area contributed by atoms with E-state index >= 15 is 0 Å². The fraction of sp³-hybridized carbons (Fsp3) is 0.500. The highest BCUT2D eigenvalue weighted by atomic mass is 16.5. The van der Waals surface area contributed by atoms with E-state index in [0.717, 1.165) is 11.3 Å². The number of carboxylic acid groups (broad SMARTS) is 1. The van der Waals surface area contributed by atoms with E-state index in [1.807, 2.05) is 20.8 Å². The van der Waals surface area contributed by atoms with Gasteiger partial charge < -0.3 is 9.84 Å². The molecule has 0 saturated carbocycles. The molecule has 4 nitrogen and oxygen atoms in total. The average Bonchev–Trinajstić information content (AvgIpc) is 2.20. The molecule has 0 saturated heterocycles. The second-order valence-electron chi connectivity index (χ2n) is 4.06. The van der Waals surface area contributed by atoms with Crippen LogP contribution in [-0.2, 0) is 11.3 Å². The molecule has 1 aromatic rings. The van der Waals surface area contributed by atoms with Gasteiger partial charge in [0.2, 0.25) is 0 Å². The number of carbonyl (C=O) groups is 1. The van der Waals surface area contributed by atoms with Crippen LogP contribution in [0.3, 0.4) is 0 Å². The van der Waals surface area contributed by atoms with Gasteiger partial charge in [0.15, 0.2) is 0 Å². The van der Waals surface area contributed by atoms with Gasteiger partial charge in [0.1, 0.15) is 0 Å².